The fourth-order valence-corrected chi connectivity index (χ4v) is 2.82. The van der Waals surface area contributed by atoms with E-state index in [4.69, 9.17) is 4.74 Å². The van der Waals surface area contributed by atoms with Crippen LogP contribution in [-0.2, 0) is 14.4 Å². The molecular formula is C17H19NO6. The Bertz CT molecular complexity index is 669. The van der Waals surface area contributed by atoms with Gasteiger partial charge in [-0.15, -0.1) is 0 Å². The van der Waals surface area contributed by atoms with Crippen LogP contribution in [0, 0.1) is 5.92 Å². The van der Waals surface area contributed by atoms with Gasteiger partial charge in [-0.3, -0.25) is 14.4 Å². The Hall–Kier alpha value is -2.70. The van der Waals surface area contributed by atoms with Crippen LogP contribution in [0.3, 0.4) is 0 Å². The molecule has 1 aromatic carbocycles. The number of esters is 1. The van der Waals surface area contributed by atoms with Crippen molar-refractivity contribution in [1.29, 1.82) is 0 Å². The number of carboxylic acids is 1. The summed E-state index contributed by atoms with van der Waals surface area (Å²) in [6.45, 7) is 1.24. The summed E-state index contributed by atoms with van der Waals surface area (Å²) in [6, 6.07) is 4.79. The lowest BCUT2D eigenvalue weighted by atomic mass is 9.83. The predicted octanol–water partition coefficient (Wildman–Crippen LogP) is 1.55. The molecular weight excluding hydrogens is 314 g/mol. The van der Waals surface area contributed by atoms with Crippen LogP contribution in [0.2, 0.25) is 0 Å². The van der Waals surface area contributed by atoms with Gasteiger partial charge >= 0.3 is 11.9 Å². The first-order chi connectivity index (χ1) is 11.4. The number of benzene rings is 1. The molecule has 2 rings (SSSR count). The average molecular weight is 333 g/mol. The van der Waals surface area contributed by atoms with Gasteiger partial charge in [0.1, 0.15) is 17.6 Å². The topological polar surface area (TPSA) is 110 Å². The van der Waals surface area contributed by atoms with Gasteiger partial charge in [0.25, 0.3) is 5.91 Å². The molecule has 7 nitrogen and oxygen atoms in total. The standard InChI is InChI=1S/C17H19NO6/c1-10(19)24-14-7-3-5-12(9-14)16(21)18-15(17(22)23)11-4-2-6-13(20)8-11/h3,5,7,9,11,15H,2,4,6,8H2,1H3,(H,18,21)(H,22,23)/t11-,15+/m1/s1. The molecule has 0 bridgehead atoms. The first-order valence-corrected chi connectivity index (χ1v) is 7.70. The van der Waals surface area contributed by atoms with Crippen molar-refractivity contribution in [3.8, 4) is 5.75 Å². The summed E-state index contributed by atoms with van der Waals surface area (Å²) < 4.78 is 4.91. The third-order valence-corrected chi connectivity index (χ3v) is 3.90. The molecule has 0 radical (unpaired) electrons. The van der Waals surface area contributed by atoms with E-state index in [1.165, 1.54) is 31.2 Å². The van der Waals surface area contributed by atoms with Crippen molar-refractivity contribution in [1.82, 2.24) is 5.32 Å². The first-order valence-electron chi connectivity index (χ1n) is 7.70. The number of rotatable bonds is 5. The summed E-state index contributed by atoms with van der Waals surface area (Å²) in [5.74, 6) is -2.46. The van der Waals surface area contributed by atoms with Crippen molar-refractivity contribution < 1.29 is 29.0 Å². The highest BCUT2D eigenvalue weighted by Gasteiger charge is 2.33. The lowest BCUT2D eigenvalue weighted by molar-refractivity contribution is -0.141. The SMILES string of the molecule is CC(=O)Oc1cccc(C(=O)N[C@H](C(=O)O)[C@@H]2CCCC(=O)C2)c1. The van der Waals surface area contributed by atoms with Gasteiger partial charge in [-0.1, -0.05) is 6.07 Å². The molecule has 0 aliphatic heterocycles. The van der Waals surface area contributed by atoms with Gasteiger partial charge in [0.05, 0.1) is 0 Å². The minimum atomic E-state index is -1.17. The fourth-order valence-electron chi connectivity index (χ4n) is 2.82. The number of carbonyl (C=O) groups is 4. The molecule has 24 heavy (non-hydrogen) atoms. The normalized spacial score (nSPS) is 18.5. The van der Waals surface area contributed by atoms with E-state index in [2.05, 4.69) is 5.32 Å². The molecule has 0 unspecified atom stereocenters. The number of amides is 1. The van der Waals surface area contributed by atoms with Gasteiger partial charge in [-0.05, 0) is 37.0 Å². The summed E-state index contributed by atoms with van der Waals surface area (Å²) in [5.41, 5.74) is 0.183. The van der Waals surface area contributed by atoms with Gasteiger partial charge in [-0.2, -0.15) is 0 Å². The minimum absolute atomic E-state index is 0.0172. The van der Waals surface area contributed by atoms with Crippen LogP contribution in [0.25, 0.3) is 0 Å². The molecule has 128 valence electrons. The molecule has 2 N–H and O–H groups in total. The monoisotopic (exact) mass is 333 g/mol. The van der Waals surface area contributed by atoms with E-state index in [0.717, 1.165) is 0 Å². The second-order valence-corrected chi connectivity index (χ2v) is 5.81. The Morgan fingerprint density at radius 2 is 2.08 bits per heavy atom. The molecule has 2 atom stereocenters. The highest BCUT2D eigenvalue weighted by Crippen LogP contribution is 2.25. The van der Waals surface area contributed by atoms with Gasteiger partial charge < -0.3 is 15.2 Å². The lowest BCUT2D eigenvalue weighted by Gasteiger charge is -2.27. The maximum atomic E-state index is 12.3. The van der Waals surface area contributed by atoms with Crippen LogP contribution in [0.1, 0.15) is 43.0 Å². The van der Waals surface area contributed by atoms with Crippen LogP contribution in [0.4, 0.5) is 0 Å². The maximum Gasteiger partial charge on any atom is 0.326 e. The van der Waals surface area contributed by atoms with Crippen molar-refractivity contribution in [2.45, 2.75) is 38.6 Å². The fraction of sp³-hybridized carbons (Fsp3) is 0.412. The zero-order valence-corrected chi connectivity index (χ0v) is 13.3. The lowest BCUT2D eigenvalue weighted by Crippen LogP contribution is -2.47. The molecule has 0 heterocycles. The van der Waals surface area contributed by atoms with Crippen LogP contribution < -0.4 is 10.1 Å². The number of ketones is 1. The number of ether oxygens (including phenoxy) is 1. The molecule has 1 amide bonds. The second-order valence-electron chi connectivity index (χ2n) is 5.81. The Morgan fingerprint density at radius 3 is 2.71 bits per heavy atom. The Labute approximate surface area is 139 Å². The molecule has 1 aliphatic rings. The Balaban J connectivity index is 2.11. The number of carboxylic acid groups (broad SMARTS) is 1. The van der Waals surface area contributed by atoms with Gasteiger partial charge in [0, 0.05) is 25.3 Å². The molecule has 1 aromatic rings. The van der Waals surface area contributed by atoms with Crippen molar-refractivity contribution in [3.63, 3.8) is 0 Å². The van der Waals surface area contributed by atoms with Crippen LogP contribution >= 0.6 is 0 Å². The van der Waals surface area contributed by atoms with E-state index in [0.29, 0.717) is 19.3 Å². The molecule has 1 aliphatic carbocycles. The molecule has 0 aromatic heterocycles. The van der Waals surface area contributed by atoms with E-state index in [9.17, 15) is 24.3 Å². The molecule has 1 fully saturated rings. The third-order valence-electron chi connectivity index (χ3n) is 3.90. The summed E-state index contributed by atoms with van der Waals surface area (Å²) in [4.78, 5) is 46.3. The minimum Gasteiger partial charge on any atom is -0.480 e. The third kappa shape index (κ3) is 4.65. The van der Waals surface area contributed by atoms with Gasteiger partial charge in [0.2, 0.25) is 0 Å². The van der Waals surface area contributed by atoms with Crippen molar-refractivity contribution >= 4 is 23.6 Å². The van der Waals surface area contributed by atoms with Crippen LogP contribution in [-0.4, -0.2) is 34.8 Å². The van der Waals surface area contributed by atoms with E-state index in [-0.39, 0.29) is 23.5 Å². The van der Waals surface area contributed by atoms with Crippen molar-refractivity contribution in [3.05, 3.63) is 29.8 Å². The molecule has 7 heteroatoms. The number of nitrogens with one attached hydrogen (secondary N) is 1. The smallest absolute Gasteiger partial charge is 0.326 e. The van der Waals surface area contributed by atoms with Crippen molar-refractivity contribution in [2.24, 2.45) is 5.92 Å². The first kappa shape index (κ1) is 17.7. The highest BCUT2D eigenvalue weighted by atomic mass is 16.5. The summed E-state index contributed by atoms with van der Waals surface area (Å²) in [5, 5.41) is 11.9. The summed E-state index contributed by atoms with van der Waals surface area (Å²) in [6.07, 6.45) is 1.83. The number of carbonyl (C=O) groups excluding carboxylic acids is 3. The number of hydrogen-bond acceptors (Lipinski definition) is 5. The molecule has 0 saturated heterocycles. The second kappa shape index (κ2) is 7.72. The van der Waals surface area contributed by atoms with E-state index in [1.807, 2.05) is 0 Å². The van der Waals surface area contributed by atoms with Gasteiger partial charge in [0.15, 0.2) is 0 Å². The number of Topliss-reactive ketones (excluding diaryl/α,β-unsaturated/α-hetero) is 1. The van der Waals surface area contributed by atoms with E-state index >= 15 is 0 Å². The average Bonchev–Trinajstić information content (AvgIpc) is 2.51. The molecule has 1 saturated carbocycles. The largest absolute Gasteiger partial charge is 0.480 e. The number of aliphatic carboxylic acids is 1. The highest BCUT2D eigenvalue weighted by molar-refractivity contribution is 5.97. The summed E-state index contributed by atoms with van der Waals surface area (Å²) >= 11 is 0. The number of hydrogen-bond donors (Lipinski definition) is 2. The van der Waals surface area contributed by atoms with Crippen LogP contribution in [0.15, 0.2) is 24.3 Å². The Kier molecular flexibility index (Phi) is 5.68. The zero-order chi connectivity index (χ0) is 17.7. The van der Waals surface area contributed by atoms with E-state index < -0.39 is 29.8 Å². The maximum absolute atomic E-state index is 12.3. The summed E-state index contributed by atoms with van der Waals surface area (Å²) in [7, 11) is 0. The Morgan fingerprint density at radius 1 is 1.33 bits per heavy atom. The zero-order valence-electron chi connectivity index (χ0n) is 13.3. The predicted molar refractivity (Wildman–Crippen MR) is 83.6 cm³/mol. The van der Waals surface area contributed by atoms with E-state index in [1.54, 1.807) is 0 Å². The van der Waals surface area contributed by atoms with Crippen molar-refractivity contribution in [2.75, 3.05) is 0 Å². The molecule has 0 spiro atoms. The quantitative estimate of drug-likeness (QED) is 0.625. The van der Waals surface area contributed by atoms with Gasteiger partial charge in [-0.25, -0.2) is 4.79 Å². The van der Waals surface area contributed by atoms with Crippen LogP contribution in [0.5, 0.6) is 5.75 Å².